The molecule has 0 fully saturated rings. The fraction of sp³-hybridized carbons (Fsp3) is 0.0556. The van der Waals surface area contributed by atoms with E-state index >= 15 is 0 Å². The van der Waals surface area contributed by atoms with Gasteiger partial charge < -0.3 is 9.47 Å². The van der Waals surface area contributed by atoms with E-state index in [0.717, 1.165) is 10.8 Å². The maximum atomic E-state index is 11.8. The van der Waals surface area contributed by atoms with Gasteiger partial charge >= 0.3 is 5.97 Å². The molecule has 3 nitrogen and oxygen atoms in total. The Balaban J connectivity index is 1.63. The molecule has 3 rings (SSSR count). The Labute approximate surface area is 143 Å². The van der Waals surface area contributed by atoms with Crippen molar-refractivity contribution in [2.45, 2.75) is 0 Å². The van der Waals surface area contributed by atoms with Gasteiger partial charge in [0.15, 0.2) is 6.61 Å². The van der Waals surface area contributed by atoms with E-state index in [0.29, 0.717) is 10.8 Å². The highest BCUT2D eigenvalue weighted by molar-refractivity contribution is 6.35. The highest BCUT2D eigenvalue weighted by Crippen LogP contribution is 2.27. The van der Waals surface area contributed by atoms with Gasteiger partial charge in [-0.05, 0) is 41.1 Å². The fourth-order valence-electron chi connectivity index (χ4n) is 2.11. The molecule has 3 aromatic rings. The normalized spacial score (nSPS) is 10.5. The zero-order valence-corrected chi connectivity index (χ0v) is 13.5. The van der Waals surface area contributed by atoms with E-state index in [4.69, 9.17) is 32.7 Å². The highest BCUT2D eigenvalue weighted by Gasteiger charge is 2.10. The summed E-state index contributed by atoms with van der Waals surface area (Å²) in [6.45, 7) is -0.211. The molecule has 0 N–H and O–H groups in total. The number of carbonyl (C=O) groups excluding carboxylic acids is 1. The molecule has 0 amide bonds. The Morgan fingerprint density at radius 3 is 2.48 bits per heavy atom. The summed E-state index contributed by atoms with van der Waals surface area (Å²) in [4.78, 5) is 11.8. The molecule has 0 radical (unpaired) electrons. The van der Waals surface area contributed by atoms with Crippen LogP contribution in [0, 0.1) is 0 Å². The van der Waals surface area contributed by atoms with Crippen molar-refractivity contribution in [2.24, 2.45) is 0 Å². The van der Waals surface area contributed by atoms with E-state index in [1.165, 1.54) is 6.07 Å². The van der Waals surface area contributed by atoms with Gasteiger partial charge in [0.2, 0.25) is 0 Å². The van der Waals surface area contributed by atoms with Crippen LogP contribution in [0.15, 0.2) is 60.7 Å². The first-order valence-corrected chi connectivity index (χ1v) is 7.65. The molecule has 0 aliphatic carbocycles. The molecule has 0 saturated heterocycles. The molecule has 0 spiro atoms. The molecule has 0 saturated carbocycles. The Bertz CT molecular complexity index is 862. The van der Waals surface area contributed by atoms with Crippen molar-refractivity contribution in [3.8, 4) is 11.5 Å². The van der Waals surface area contributed by atoms with Crippen molar-refractivity contribution in [1.82, 2.24) is 0 Å². The van der Waals surface area contributed by atoms with E-state index in [2.05, 4.69) is 0 Å². The lowest BCUT2D eigenvalue weighted by Gasteiger charge is -2.09. The molecule has 0 heterocycles. The van der Waals surface area contributed by atoms with Crippen LogP contribution in [-0.4, -0.2) is 12.6 Å². The van der Waals surface area contributed by atoms with Crippen LogP contribution in [0.5, 0.6) is 11.5 Å². The topological polar surface area (TPSA) is 35.5 Å². The maximum absolute atomic E-state index is 11.8. The van der Waals surface area contributed by atoms with Gasteiger partial charge in [-0.15, -0.1) is 0 Å². The van der Waals surface area contributed by atoms with Crippen LogP contribution in [0.2, 0.25) is 10.0 Å². The summed E-state index contributed by atoms with van der Waals surface area (Å²) in [6.07, 6.45) is 0. The molecule has 3 aromatic carbocycles. The Hall–Kier alpha value is -2.23. The first kappa shape index (κ1) is 15.7. The second-order valence-corrected chi connectivity index (χ2v) is 5.69. The average Bonchev–Trinajstić information content (AvgIpc) is 2.55. The molecule has 23 heavy (non-hydrogen) atoms. The molecule has 116 valence electrons. The van der Waals surface area contributed by atoms with E-state index in [-0.39, 0.29) is 17.4 Å². The lowest BCUT2D eigenvalue weighted by Crippen LogP contribution is -2.17. The smallest absolute Gasteiger partial charge is 0.349 e. The number of benzene rings is 3. The van der Waals surface area contributed by atoms with Crippen molar-refractivity contribution in [2.75, 3.05) is 6.61 Å². The van der Waals surface area contributed by atoms with Crippen LogP contribution in [0.1, 0.15) is 0 Å². The lowest BCUT2D eigenvalue weighted by molar-refractivity contribution is -0.136. The Morgan fingerprint density at radius 1 is 0.913 bits per heavy atom. The predicted molar refractivity (Wildman–Crippen MR) is 91.5 cm³/mol. The minimum Gasteiger partial charge on any atom is -0.482 e. The van der Waals surface area contributed by atoms with Gasteiger partial charge in [0.1, 0.15) is 11.5 Å². The van der Waals surface area contributed by atoms with Gasteiger partial charge in [-0.2, -0.15) is 0 Å². The zero-order valence-electron chi connectivity index (χ0n) is 12.0. The molecular formula is C18H12Cl2O3. The number of ether oxygens (including phenoxy) is 2. The fourth-order valence-corrected chi connectivity index (χ4v) is 2.56. The molecule has 0 aliphatic heterocycles. The third-order valence-corrected chi connectivity index (χ3v) is 3.73. The minimum absolute atomic E-state index is 0.211. The van der Waals surface area contributed by atoms with Crippen LogP contribution in [0.3, 0.4) is 0 Å². The molecule has 0 atom stereocenters. The van der Waals surface area contributed by atoms with Crippen LogP contribution >= 0.6 is 23.2 Å². The maximum Gasteiger partial charge on any atom is 0.349 e. The second-order valence-electron chi connectivity index (χ2n) is 4.85. The van der Waals surface area contributed by atoms with E-state index in [1.807, 2.05) is 42.5 Å². The summed E-state index contributed by atoms with van der Waals surface area (Å²) in [6, 6.07) is 18.2. The summed E-state index contributed by atoms with van der Waals surface area (Å²) in [5.41, 5.74) is 0. The summed E-state index contributed by atoms with van der Waals surface area (Å²) in [5.74, 6) is 0.313. The van der Waals surface area contributed by atoms with Gasteiger partial charge in [0.05, 0.1) is 5.02 Å². The van der Waals surface area contributed by atoms with Crippen LogP contribution < -0.4 is 9.47 Å². The van der Waals surface area contributed by atoms with Crippen molar-refractivity contribution in [3.63, 3.8) is 0 Å². The first-order chi connectivity index (χ1) is 11.1. The monoisotopic (exact) mass is 346 g/mol. The van der Waals surface area contributed by atoms with E-state index in [1.54, 1.807) is 12.1 Å². The van der Waals surface area contributed by atoms with Crippen molar-refractivity contribution in [3.05, 3.63) is 70.7 Å². The van der Waals surface area contributed by atoms with Crippen molar-refractivity contribution < 1.29 is 14.3 Å². The molecule has 0 bridgehead atoms. The predicted octanol–water partition coefficient (Wildman–Crippen LogP) is 5.13. The van der Waals surface area contributed by atoms with Crippen LogP contribution in [0.4, 0.5) is 0 Å². The number of halogens is 2. The number of hydrogen-bond acceptors (Lipinski definition) is 3. The van der Waals surface area contributed by atoms with Gasteiger partial charge in [-0.3, -0.25) is 0 Å². The summed E-state index contributed by atoms with van der Waals surface area (Å²) in [7, 11) is 0. The van der Waals surface area contributed by atoms with Crippen molar-refractivity contribution >= 4 is 39.9 Å². The summed E-state index contributed by atoms with van der Waals surface area (Å²) >= 11 is 11.7. The number of rotatable bonds is 4. The van der Waals surface area contributed by atoms with Crippen LogP contribution in [0.25, 0.3) is 10.8 Å². The highest BCUT2D eigenvalue weighted by atomic mass is 35.5. The second kappa shape index (κ2) is 6.90. The molecule has 5 heteroatoms. The van der Waals surface area contributed by atoms with E-state index in [9.17, 15) is 4.79 Å². The summed E-state index contributed by atoms with van der Waals surface area (Å²) < 4.78 is 10.6. The van der Waals surface area contributed by atoms with Gasteiger partial charge in [0, 0.05) is 5.02 Å². The standard InChI is InChI=1S/C18H12Cl2O3/c19-14-6-8-17(16(20)10-14)23-18(21)11-22-15-7-5-12-3-1-2-4-13(12)9-15/h1-10H,11H2. The van der Waals surface area contributed by atoms with Gasteiger partial charge in [0.25, 0.3) is 0 Å². The Morgan fingerprint density at radius 2 is 1.70 bits per heavy atom. The molecule has 0 aliphatic rings. The average molecular weight is 347 g/mol. The number of esters is 1. The summed E-state index contributed by atoms with van der Waals surface area (Å²) in [5, 5.41) is 2.90. The third kappa shape index (κ3) is 3.95. The lowest BCUT2D eigenvalue weighted by atomic mass is 10.1. The molecular weight excluding hydrogens is 335 g/mol. The zero-order chi connectivity index (χ0) is 16.2. The van der Waals surface area contributed by atoms with Gasteiger partial charge in [-0.25, -0.2) is 4.79 Å². The van der Waals surface area contributed by atoms with Gasteiger partial charge in [-0.1, -0.05) is 53.5 Å². The number of fused-ring (bicyclic) bond motifs is 1. The Kier molecular flexibility index (Phi) is 4.70. The van der Waals surface area contributed by atoms with Crippen molar-refractivity contribution in [1.29, 1.82) is 0 Å². The number of carbonyl (C=O) groups is 1. The van der Waals surface area contributed by atoms with E-state index < -0.39 is 5.97 Å². The molecule has 0 aromatic heterocycles. The first-order valence-electron chi connectivity index (χ1n) is 6.89. The largest absolute Gasteiger partial charge is 0.482 e. The SMILES string of the molecule is O=C(COc1ccc2ccccc2c1)Oc1ccc(Cl)cc1Cl. The van der Waals surface area contributed by atoms with Crippen LogP contribution in [-0.2, 0) is 4.79 Å². The number of hydrogen-bond donors (Lipinski definition) is 0. The quantitative estimate of drug-likeness (QED) is 0.485. The third-order valence-electron chi connectivity index (χ3n) is 3.20. The minimum atomic E-state index is -0.539. The molecule has 0 unspecified atom stereocenters.